The van der Waals surface area contributed by atoms with Crippen LogP contribution in [0.5, 0.6) is 0 Å². The fourth-order valence-electron chi connectivity index (χ4n) is 3.32. The Morgan fingerprint density at radius 3 is 2.86 bits per heavy atom. The molecule has 1 aliphatic heterocycles. The molecule has 0 unspecified atom stereocenters. The first-order chi connectivity index (χ1) is 9.95. The Balaban J connectivity index is 2.06. The number of methoxy groups -OCH3 is 1. The maximum Gasteiger partial charge on any atom is 0.177 e. The van der Waals surface area contributed by atoms with Crippen molar-refractivity contribution < 1.29 is 9.47 Å². The molecule has 1 aromatic heterocycles. The summed E-state index contributed by atoms with van der Waals surface area (Å²) in [5.41, 5.74) is 2.58. The zero-order valence-electron chi connectivity index (χ0n) is 12.9. The Hall–Kier alpha value is -1.23. The normalized spacial score (nSPS) is 24.6. The van der Waals surface area contributed by atoms with Gasteiger partial charge >= 0.3 is 0 Å². The van der Waals surface area contributed by atoms with Gasteiger partial charge in [-0.25, -0.2) is 4.98 Å². The van der Waals surface area contributed by atoms with Crippen molar-refractivity contribution in [2.75, 3.05) is 7.11 Å². The van der Waals surface area contributed by atoms with Gasteiger partial charge in [-0.3, -0.25) is 0 Å². The van der Waals surface area contributed by atoms with Crippen molar-refractivity contribution in [1.29, 1.82) is 0 Å². The van der Waals surface area contributed by atoms with E-state index < -0.39 is 0 Å². The van der Waals surface area contributed by atoms with Gasteiger partial charge in [-0.1, -0.05) is 5.57 Å². The highest BCUT2D eigenvalue weighted by Crippen LogP contribution is 2.47. The van der Waals surface area contributed by atoms with Gasteiger partial charge in [0.25, 0.3) is 0 Å². The lowest BCUT2D eigenvalue weighted by atomic mass is 9.70. The Morgan fingerprint density at radius 1 is 1.43 bits per heavy atom. The summed E-state index contributed by atoms with van der Waals surface area (Å²) in [4.78, 5) is 4.42. The van der Waals surface area contributed by atoms with Gasteiger partial charge in [-0.15, -0.1) is 0 Å². The summed E-state index contributed by atoms with van der Waals surface area (Å²) in [7, 11) is 1.71. The Bertz CT molecular complexity index is 630. The molecule has 0 aromatic carbocycles. The van der Waals surface area contributed by atoms with Gasteiger partial charge in [-0.05, 0) is 49.2 Å². The molecule has 0 spiro atoms. The first kappa shape index (κ1) is 14.7. The molecular formula is C16H21BrN2O2. The fraction of sp³-hybridized carbons (Fsp3) is 0.562. The maximum absolute atomic E-state index is 6.00. The number of hydrogen-bond donors (Lipinski definition) is 0. The number of hydrogen-bond acceptors (Lipinski definition) is 3. The third-order valence-electron chi connectivity index (χ3n) is 4.38. The third kappa shape index (κ3) is 2.31. The molecule has 0 saturated carbocycles. The van der Waals surface area contributed by atoms with Crippen molar-refractivity contribution in [3.8, 4) is 0 Å². The molecule has 0 N–H and O–H groups in total. The number of aromatic nitrogens is 2. The second-order valence-electron chi connectivity index (χ2n) is 6.15. The van der Waals surface area contributed by atoms with Crippen LogP contribution in [-0.4, -0.2) is 22.8 Å². The first-order valence-electron chi connectivity index (χ1n) is 7.32. The Labute approximate surface area is 134 Å². The van der Waals surface area contributed by atoms with Crippen LogP contribution >= 0.6 is 15.9 Å². The van der Waals surface area contributed by atoms with E-state index in [1.54, 1.807) is 7.11 Å². The molecule has 0 radical (unpaired) electrons. The topological polar surface area (TPSA) is 36.3 Å². The third-order valence-corrected chi connectivity index (χ3v) is 5.01. The summed E-state index contributed by atoms with van der Waals surface area (Å²) in [5.74, 6) is 1.80. The van der Waals surface area contributed by atoms with Crippen molar-refractivity contribution in [2.45, 2.75) is 51.7 Å². The summed E-state index contributed by atoms with van der Waals surface area (Å²) in [5, 5.41) is 0. The van der Waals surface area contributed by atoms with E-state index in [9.17, 15) is 0 Å². The first-order valence-corrected chi connectivity index (χ1v) is 8.11. The number of halogens is 1. The average molecular weight is 353 g/mol. The van der Waals surface area contributed by atoms with E-state index in [0.29, 0.717) is 0 Å². The van der Waals surface area contributed by atoms with Crippen molar-refractivity contribution in [3.05, 3.63) is 39.8 Å². The molecule has 5 heteroatoms. The molecule has 0 bridgehead atoms. The highest BCUT2D eigenvalue weighted by Gasteiger charge is 2.42. The van der Waals surface area contributed by atoms with Crippen LogP contribution < -0.4 is 0 Å². The average Bonchev–Trinajstić information content (AvgIpc) is 2.80. The maximum atomic E-state index is 6.00. The summed E-state index contributed by atoms with van der Waals surface area (Å²) < 4.78 is 14.7. The van der Waals surface area contributed by atoms with Gasteiger partial charge < -0.3 is 14.0 Å². The SMILES string of the molecule is COC1=C(OC(C)C)C[C@@]2(C)C(=C1)CCn1c2cnc1Br. The van der Waals surface area contributed by atoms with Crippen LogP contribution in [0.15, 0.2) is 34.1 Å². The van der Waals surface area contributed by atoms with Gasteiger partial charge in [0, 0.05) is 24.1 Å². The lowest BCUT2D eigenvalue weighted by molar-refractivity contribution is 0.109. The minimum Gasteiger partial charge on any atom is -0.493 e. The predicted molar refractivity (Wildman–Crippen MR) is 84.9 cm³/mol. The molecule has 21 heavy (non-hydrogen) atoms. The van der Waals surface area contributed by atoms with Crippen LogP contribution in [-0.2, 0) is 21.4 Å². The second kappa shape index (κ2) is 5.20. The minimum absolute atomic E-state index is 0.0659. The van der Waals surface area contributed by atoms with Crippen molar-refractivity contribution in [2.24, 2.45) is 0 Å². The van der Waals surface area contributed by atoms with Crippen LogP contribution in [0.4, 0.5) is 0 Å². The number of ether oxygens (including phenoxy) is 2. The molecule has 0 amide bonds. The molecule has 2 heterocycles. The number of fused-ring (bicyclic) bond motifs is 3. The fourth-order valence-corrected chi connectivity index (χ4v) is 3.79. The summed E-state index contributed by atoms with van der Waals surface area (Å²) in [6.45, 7) is 7.32. The minimum atomic E-state index is -0.0659. The molecule has 114 valence electrons. The van der Waals surface area contributed by atoms with E-state index in [-0.39, 0.29) is 11.5 Å². The van der Waals surface area contributed by atoms with Crippen molar-refractivity contribution in [3.63, 3.8) is 0 Å². The van der Waals surface area contributed by atoms with E-state index in [1.807, 2.05) is 20.0 Å². The van der Waals surface area contributed by atoms with Gasteiger partial charge in [0.05, 0.1) is 19.4 Å². The second-order valence-corrected chi connectivity index (χ2v) is 6.86. The van der Waals surface area contributed by atoms with Crippen LogP contribution in [0, 0.1) is 0 Å². The zero-order chi connectivity index (χ0) is 15.2. The highest BCUT2D eigenvalue weighted by atomic mass is 79.9. The molecule has 0 fully saturated rings. The summed E-state index contributed by atoms with van der Waals surface area (Å²) >= 11 is 3.54. The van der Waals surface area contributed by atoms with Crippen molar-refractivity contribution in [1.82, 2.24) is 9.55 Å². The van der Waals surface area contributed by atoms with Gasteiger partial charge in [0.15, 0.2) is 10.5 Å². The largest absolute Gasteiger partial charge is 0.493 e. The highest BCUT2D eigenvalue weighted by molar-refractivity contribution is 9.10. The van der Waals surface area contributed by atoms with Crippen LogP contribution in [0.2, 0.25) is 0 Å². The molecule has 1 atom stereocenters. The molecule has 1 aliphatic carbocycles. The monoisotopic (exact) mass is 352 g/mol. The van der Waals surface area contributed by atoms with Crippen LogP contribution in [0.25, 0.3) is 0 Å². The molecule has 0 saturated heterocycles. The standard InChI is InChI=1S/C16H21BrN2O2/c1-10(2)21-13-8-16(3)11(7-12(13)20-4)5-6-19-14(16)9-18-15(19)17/h7,9-10H,5-6,8H2,1-4H3/t16-/m0/s1. The van der Waals surface area contributed by atoms with E-state index >= 15 is 0 Å². The summed E-state index contributed by atoms with van der Waals surface area (Å²) in [6, 6.07) is 0. The molecule has 4 nitrogen and oxygen atoms in total. The quantitative estimate of drug-likeness (QED) is 0.826. The zero-order valence-corrected chi connectivity index (χ0v) is 14.5. The van der Waals surface area contributed by atoms with Gasteiger partial charge in [0.2, 0.25) is 0 Å². The smallest absolute Gasteiger partial charge is 0.177 e. The lowest BCUT2D eigenvalue weighted by Gasteiger charge is -2.41. The molecule has 1 aromatic rings. The lowest BCUT2D eigenvalue weighted by Crippen LogP contribution is -2.36. The Kier molecular flexibility index (Phi) is 3.64. The predicted octanol–water partition coefficient (Wildman–Crippen LogP) is 3.92. The molecule has 2 aliphatic rings. The van der Waals surface area contributed by atoms with Crippen LogP contribution in [0.1, 0.15) is 39.3 Å². The van der Waals surface area contributed by atoms with E-state index in [2.05, 4.69) is 38.5 Å². The summed E-state index contributed by atoms with van der Waals surface area (Å²) in [6.07, 6.45) is 6.11. The van der Waals surface area contributed by atoms with Gasteiger partial charge in [0.1, 0.15) is 5.76 Å². The van der Waals surface area contributed by atoms with E-state index in [4.69, 9.17) is 9.47 Å². The van der Waals surface area contributed by atoms with Gasteiger partial charge in [-0.2, -0.15) is 0 Å². The Morgan fingerprint density at radius 2 is 2.19 bits per heavy atom. The van der Waals surface area contributed by atoms with E-state index in [0.717, 1.165) is 35.6 Å². The number of nitrogens with zero attached hydrogens (tertiary/aromatic N) is 2. The van der Waals surface area contributed by atoms with E-state index in [1.165, 1.54) is 11.3 Å². The number of allylic oxidation sites excluding steroid dienone is 3. The number of rotatable bonds is 3. The van der Waals surface area contributed by atoms with Crippen LogP contribution in [0.3, 0.4) is 0 Å². The molecular weight excluding hydrogens is 332 g/mol. The number of imidazole rings is 1. The molecule has 3 rings (SSSR count). The van der Waals surface area contributed by atoms with Crippen molar-refractivity contribution >= 4 is 15.9 Å².